The van der Waals surface area contributed by atoms with Crippen LogP contribution in [-0.4, -0.2) is 15.9 Å². The summed E-state index contributed by atoms with van der Waals surface area (Å²) in [5, 5.41) is 3.93. The van der Waals surface area contributed by atoms with Crippen LogP contribution in [0.1, 0.15) is 43.1 Å². The Labute approximate surface area is 119 Å². The molecular weight excluding hydrogens is 252 g/mol. The van der Waals surface area contributed by atoms with Crippen LogP contribution < -0.4 is 0 Å². The van der Waals surface area contributed by atoms with Crippen molar-refractivity contribution in [2.24, 2.45) is 5.92 Å². The summed E-state index contributed by atoms with van der Waals surface area (Å²) in [6, 6.07) is 8.22. The predicted octanol–water partition coefficient (Wildman–Crippen LogP) is 3.13. The van der Waals surface area contributed by atoms with Crippen LogP contribution in [0.2, 0.25) is 0 Å². The number of hydrogen-bond acceptors (Lipinski definition) is 4. The molecule has 1 aromatic carbocycles. The summed E-state index contributed by atoms with van der Waals surface area (Å²) in [5.41, 5.74) is 2.36. The van der Waals surface area contributed by atoms with Crippen molar-refractivity contribution in [2.45, 2.75) is 40.0 Å². The van der Waals surface area contributed by atoms with Crippen LogP contribution in [0.3, 0.4) is 0 Å². The molecule has 1 heterocycles. The predicted molar refractivity (Wildman–Crippen MR) is 76.4 cm³/mol. The zero-order valence-electron chi connectivity index (χ0n) is 12.2. The van der Waals surface area contributed by atoms with Gasteiger partial charge in [-0.2, -0.15) is 4.98 Å². The second-order valence-corrected chi connectivity index (χ2v) is 5.58. The minimum Gasteiger partial charge on any atom is -0.339 e. The lowest BCUT2D eigenvalue weighted by molar-refractivity contribution is -0.119. The zero-order valence-corrected chi connectivity index (χ0v) is 12.2. The monoisotopic (exact) mass is 272 g/mol. The van der Waals surface area contributed by atoms with E-state index in [1.807, 2.05) is 13.8 Å². The van der Waals surface area contributed by atoms with Crippen LogP contribution in [0.4, 0.5) is 0 Å². The summed E-state index contributed by atoms with van der Waals surface area (Å²) < 4.78 is 5.13. The molecular formula is C16H20N2O2. The van der Waals surface area contributed by atoms with Crippen LogP contribution in [0.25, 0.3) is 0 Å². The van der Waals surface area contributed by atoms with E-state index in [1.165, 1.54) is 5.56 Å². The molecule has 0 saturated carbocycles. The van der Waals surface area contributed by atoms with Gasteiger partial charge in [0.25, 0.3) is 0 Å². The number of rotatable bonds is 6. The lowest BCUT2D eigenvalue weighted by atomic mass is 10.1. The Hall–Kier alpha value is -1.97. The Morgan fingerprint density at radius 1 is 1.25 bits per heavy atom. The fourth-order valence-corrected chi connectivity index (χ4v) is 2.02. The van der Waals surface area contributed by atoms with Gasteiger partial charge in [-0.15, -0.1) is 0 Å². The molecule has 0 aliphatic carbocycles. The van der Waals surface area contributed by atoms with E-state index in [0.717, 1.165) is 5.56 Å². The minimum atomic E-state index is 0.144. The van der Waals surface area contributed by atoms with E-state index in [1.54, 1.807) is 0 Å². The van der Waals surface area contributed by atoms with Gasteiger partial charge in [0.1, 0.15) is 5.78 Å². The molecule has 4 heteroatoms. The maximum absolute atomic E-state index is 11.7. The SMILES string of the molecule is Cc1ccc(Cc2noc(CC(=O)CC(C)C)n2)cc1. The Balaban J connectivity index is 1.95. The standard InChI is InChI=1S/C16H20N2O2/c1-11(2)8-14(19)10-16-17-15(18-20-16)9-13-6-4-12(3)5-7-13/h4-7,11H,8-10H2,1-3H3. The molecule has 1 aromatic heterocycles. The van der Waals surface area contributed by atoms with Crippen molar-refractivity contribution in [2.75, 3.05) is 0 Å². The molecule has 0 spiro atoms. The maximum atomic E-state index is 11.7. The molecule has 2 rings (SSSR count). The van der Waals surface area contributed by atoms with Gasteiger partial charge in [0.05, 0.1) is 6.42 Å². The van der Waals surface area contributed by atoms with Crippen LogP contribution >= 0.6 is 0 Å². The summed E-state index contributed by atoms with van der Waals surface area (Å²) in [6.07, 6.45) is 1.41. The number of hydrogen-bond donors (Lipinski definition) is 0. The van der Waals surface area contributed by atoms with Gasteiger partial charge in [-0.3, -0.25) is 4.79 Å². The molecule has 106 valence electrons. The first kappa shape index (κ1) is 14.4. The first-order valence-corrected chi connectivity index (χ1v) is 6.91. The number of nitrogens with zero attached hydrogens (tertiary/aromatic N) is 2. The lowest BCUT2D eigenvalue weighted by Gasteiger charge is -2.00. The summed E-state index contributed by atoms with van der Waals surface area (Å²) >= 11 is 0. The normalized spacial score (nSPS) is 11.0. The summed E-state index contributed by atoms with van der Waals surface area (Å²) in [7, 11) is 0. The molecule has 0 unspecified atom stereocenters. The van der Waals surface area contributed by atoms with Crippen LogP contribution in [-0.2, 0) is 17.6 Å². The van der Waals surface area contributed by atoms with Crippen molar-refractivity contribution >= 4 is 5.78 Å². The van der Waals surface area contributed by atoms with Gasteiger partial charge in [-0.1, -0.05) is 48.8 Å². The summed E-state index contributed by atoms with van der Waals surface area (Å²) in [5.74, 6) is 1.54. The average molecular weight is 272 g/mol. The van der Waals surface area contributed by atoms with Crippen LogP contribution in [0.15, 0.2) is 28.8 Å². The fraction of sp³-hybridized carbons (Fsp3) is 0.438. The molecule has 0 bridgehead atoms. The molecule has 20 heavy (non-hydrogen) atoms. The molecule has 4 nitrogen and oxygen atoms in total. The number of aromatic nitrogens is 2. The van der Waals surface area contributed by atoms with E-state index in [-0.39, 0.29) is 12.2 Å². The lowest BCUT2D eigenvalue weighted by Crippen LogP contribution is -2.06. The molecule has 0 N–H and O–H groups in total. The van der Waals surface area contributed by atoms with E-state index in [4.69, 9.17) is 4.52 Å². The Kier molecular flexibility index (Phi) is 4.66. The van der Waals surface area contributed by atoms with Gasteiger partial charge in [0, 0.05) is 12.8 Å². The molecule has 0 radical (unpaired) electrons. The van der Waals surface area contributed by atoms with E-state index in [2.05, 4.69) is 41.3 Å². The molecule has 0 aliphatic heterocycles. The third-order valence-corrected chi connectivity index (χ3v) is 2.98. The quantitative estimate of drug-likeness (QED) is 0.810. The third kappa shape index (κ3) is 4.30. The minimum absolute atomic E-state index is 0.144. The van der Waals surface area contributed by atoms with Crippen molar-refractivity contribution in [1.82, 2.24) is 10.1 Å². The second kappa shape index (κ2) is 6.46. The number of carbonyl (C=O) groups excluding carboxylic acids is 1. The van der Waals surface area contributed by atoms with E-state index in [0.29, 0.717) is 30.5 Å². The fourth-order valence-electron chi connectivity index (χ4n) is 2.02. The number of Topliss-reactive ketones (excluding diaryl/α,β-unsaturated/α-hetero) is 1. The van der Waals surface area contributed by atoms with Gasteiger partial charge in [-0.05, 0) is 18.4 Å². The highest BCUT2D eigenvalue weighted by Crippen LogP contribution is 2.10. The Bertz CT molecular complexity index is 570. The number of benzene rings is 1. The summed E-state index contributed by atoms with van der Waals surface area (Å²) in [6.45, 7) is 6.10. The first-order valence-electron chi connectivity index (χ1n) is 6.91. The Morgan fingerprint density at radius 3 is 2.60 bits per heavy atom. The Morgan fingerprint density at radius 2 is 1.95 bits per heavy atom. The van der Waals surface area contributed by atoms with Gasteiger partial charge in [0.15, 0.2) is 5.82 Å². The van der Waals surface area contributed by atoms with Crippen LogP contribution in [0, 0.1) is 12.8 Å². The smallest absolute Gasteiger partial charge is 0.234 e. The van der Waals surface area contributed by atoms with Gasteiger partial charge < -0.3 is 4.52 Å². The second-order valence-electron chi connectivity index (χ2n) is 5.58. The average Bonchev–Trinajstić information content (AvgIpc) is 2.78. The first-order chi connectivity index (χ1) is 9.52. The molecule has 2 aromatic rings. The molecule has 0 saturated heterocycles. The molecule has 0 amide bonds. The van der Waals surface area contributed by atoms with Crippen LogP contribution in [0.5, 0.6) is 0 Å². The van der Waals surface area contributed by atoms with Crippen molar-refractivity contribution in [1.29, 1.82) is 0 Å². The van der Waals surface area contributed by atoms with Crippen molar-refractivity contribution in [3.63, 3.8) is 0 Å². The highest BCUT2D eigenvalue weighted by molar-refractivity contribution is 5.80. The highest BCUT2D eigenvalue weighted by atomic mass is 16.5. The maximum Gasteiger partial charge on any atom is 0.234 e. The zero-order chi connectivity index (χ0) is 14.5. The van der Waals surface area contributed by atoms with Gasteiger partial charge >= 0.3 is 0 Å². The number of ketones is 1. The van der Waals surface area contributed by atoms with E-state index >= 15 is 0 Å². The van der Waals surface area contributed by atoms with Crippen molar-refractivity contribution in [3.05, 3.63) is 47.1 Å². The third-order valence-electron chi connectivity index (χ3n) is 2.98. The largest absolute Gasteiger partial charge is 0.339 e. The molecule has 0 aliphatic rings. The summed E-state index contributed by atoms with van der Waals surface area (Å²) in [4.78, 5) is 16.0. The van der Waals surface area contributed by atoms with Gasteiger partial charge in [0.2, 0.25) is 5.89 Å². The topological polar surface area (TPSA) is 56.0 Å². The van der Waals surface area contributed by atoms with Crippen molar-refractivity contribution < 1.29 is 9.32 Å². The number of aryl methyl sites for hydroxylation is 1. The van der Waals surface area contributed by atoms with E-state index < -0.39 is 0 Å². The number of carbonyl (C=O) groups is 1. The van der Waals surface area contributed by atoms with E-state index in [9.17, 15) is 4.79 Å². The highest BCUT2D eigenvalue weighted by Gasteiger charge is 2.12. The van der Waals surface area contributed by atoms with Crippen molar-refractivity contribution in [3.8, 4) is 0 Å². The molecule has 0 atom stereocenters. The molecule has 0 fully saturated rings. The van der Waals surface area contributed by atoms with Gasteiger partial charge in [-0.25, -0.2) is 0 Å².